The van der Waals surface area contributed by atoms with E-state index in [9.17, 15) is 0 Å². The highest BCUT2D eigenvalue weighted by Crippen LogP contribution is 2.20. The zero-order valence-corrected chi connectivity index (χ0v) is 13.2. The first-order valence-electron chi connectivity index (χ1n) is 7.46. The van der Waals surface area contributed by atoms with Crippen LogP contribution in [0.5, 0.6) is 0 Å². The topological polar surface area (TPSA) is 103 Å². The Bertz CT molecular complexity index is 941. The van der Waals surface area contributed by atoms with Gasteiger partial charge in [-0.2, -0.15) is 15.6 Å². The van der Waals surface area contributed by atoms with E-state index < -0.39 is 0 Å². The summed E-state index contributed by atoms with van der Waals surface area (Å²) in [6, 6.07) is 20.8. The number of rotatable bonds is 5. The lowest BCUT2D eigenvalue weighted by Crippen LogP contribution is -2.01. The van der Waals surface area contributed by atoms with Gasteiger partial charge < -0.3 is 4.57 Å². The molecular weight excluding hydrogens is 314 g/mol. The molecule has 0 amide bonds. The Balaban J connectivity index is 1.78. The number of nitriles is 2. The van der Waals surface area contributed by atoms with E-state index in [1.54, 1.807) is 30.6 Å². The normalized spacial score (nSPS) is 9.68. The summed E-state index contributed by atoms with van der Waals surface area (Å²) in [5.41, 5.74) is 5.18. The number of anilines is 1. The van der Waals surface area contributed by atoms with E-state index in [1.807, 2.05) is 34.9 Å². The number of hydrogen-bond donors (Lipinski definition) is 1. The van der Waals surface area contributed by atoms with E-state index in [1.165, 1.54) is 0 Å². The average molecular weight is 327 g/mol. The minimum atomic E-state index is -0.230. The molecule has 3 aromatic rings. The quantitative estimate of drug-likeness (QED) is 0.573. The van der Waals surface area contributed by atoms with Gasteiger partial charge in [-0.15, -0.1) is 10.2 Å². The predicted octanol–water partition coefficient (Wildman–Crippen LogP) is 2.81. The third kappa shape index (κ3) is 3.87. The molecule has 0 unspecified atom stereocenters. The van der Waals surface area contributed by atoms with Crippen molar-refractivity contribution < 1.29 is 0 Å². The van der Waals surface area contributed by atoms with Crippen molar-refractivity contribution in [2.45, 2.75) is 6.54 Å². The molecule has 0 aliphatic rings. The van der Waals surface area contributed by atoms with Gasteiger partial charge in [-0.05, 0) is 29.8 Å². The van der Waals surface area contributed by atoms with Gasteiger partial charge in [0.2, 0.25) is 5.71 Å². The number of hydrazone groups is 1. The SMILES string of the molecule is N#CC(C#N)=NNc1ccc(-c2nncn2Cc2ccccc2)cc1. The van der Waals surface area contributed by atoms with Gasteiger partial charge in [-0.25, -0.2) is 0 Å². The van der Waals surface area contributed by atoms with Crippen molar-refractivity contribution in [3.8, 4) is 23.5 Å². The largest absolute Gasteiger partial charge is 0.309 e. The number of nitrogens with zero attached hydrogens (tertiary/aromatic N) is 6. The lowest BCUT2D eigenvalue weighted by atomic mass is 10.2. The van der Waals surface area contributed by atoms with Crippen LogP contribution in [0.1, 0.15) is 5.56 Å². The molecule has 1 N–H and O–H groups in total. The molecule has 7 heteroatoms. The minimum absolute atomic E-state index is 0.230. The van der Waals surface area contributed by atoms with Crippen LogP contribution in [-0.4, -0.2) is 20.5 Å². The van der Waals surface area contributed by atoms with Crippen LogP contribution in [-0.2, 0) is 6.54 Å². The van der Waals surface area contributed by atoms with E-state index >= 15 is 0 Å². The molecule has 0 aliphatic carbocycles. The van der Waals surface area contributed by atoms with Crippen LogP contribution in [0.15, 0.2) is 66.0 Å². The van der Waals surface area contributed by atoms with Crippen LogP contribution in [0.4, 0.5) is 5.69 Å². The summed E-state index contributed by atoms with van der Waals surface area (Å²) in [5, 5.41) is 29.2. The predicted molar refractivity (Wildman–Crippen MR) is 93.3 cm³/mol. The van der Waals surface area contributed by atoms with Crippen molar-refractivity contribution in [1.82, 2.24) is 14.8 Å². The molecular formula is C18H13N7. The highest BCUT2D eigenvalue weighted by Gasteiger charge is 2.08. The number of nitrogens with one attached hydrogen (secondary N) is 1. The van der Waals surface area contributed by atoms with Crippen LogP contribution >= 0.6 is 0 Å². The number of benzene rings is 2. The maximum absolute atomic E-state index is 8.66. The summed E-state index contributed by atoms with van der Waals surface area (Å²) < 4.78 is 1.97. The lowest BCUT2D eigenvalue weighted by Gasteiger charge is -2.07. The van der Waals surface area contributed by atoms with Crippen LogP contribution in [0.3, 0.4) is 0 Å². The van der Waals surface area contributed by atoms with Crippen LogP contribution < -0.4 is 5.43 Å². The summed E-state index contributed by atoms with van der Waals surface area (Å²) in [7, 11) is 0. The molecule has 0 atom stereocenters. The molecule has 1 heterocycles. The molecule has 0 bridgehead atoms. The second-order valence-corrected chi connectivity index (χ2v) is 5.14. The van der Waals surface area contributed by atoms with Gasteiger partial charge in [-0.3, -0.25) is 5.43 Å². The third-order valence-corrected chi connectivity index (χ3v) is 3.46. The van der Waals surface area contributed by atoms with E-state index in [0.29, 0.717) is 12.2 Å². The van der Waals surface area contributed by atoms with Gasteiger partial charge in [0.1, 0.15) is 18.5 Å². The molecule has 25 heavy (non-hydrogen) atoms. The second-order valence-electron chi connectivity index (χ2n) is 5.14. The van der Waals surface area contributed by atoms with E-state index in [-0.39, 0.29) is 5.71 Å². The molecule has 7 nitrogen and oxygen atoms in total. The fraction of sp³-hybridized carbons (Fsp3) is 0.0556. The number of hydrogen-bond acceptors (Lipinski definition) is 6. The van der Waals surface area contributed by atoms with Gasteiger partial charge in [0.25, 0.3) is 0 Å². The van der Waals surface area contributed by atoms with Crippen LogP contribution in [0.25, 0.3) is 11.4 Å². The Morgan fingerprint density at radius 2 is 1.76 bits per heavy atom. The maximum atomic E-state index is 8.66. The molecule has 1 aromatic heterocycles. The first kappa shape index (κ1) is 15.9. The molecule has 3 rings (SSSR count). The highest BCUT2D eigenvalue weighted by atomic mass is 15.3. The Labute approximate surface area is 144 Å². The zero-order valence-electron chi connectivity index (χ0n) is 13.2. The third-order valence-electron chi connectivity index (χ3n) is 3.46. The van der Waals surface area contributed by atoms with Crippen molar-refractivity contribution >= 4 is 11.4 Å². The Kier molecular flexibility index (Phi) is 4.79. The van der Waals surface area contributed by atoms with Crippen molar-refractivity contribution in [2.24, 2.45) is 5.10 Å². The zero-order chi connectivity index (χ0) is 17.5. The molecule has 0 aliphatic heterocycles. The molecule has 120 valence electrons. The van der Waals surface area contributed by atoms with Gasteiger partial charge >= 0.3 is 0 Å². The fourth-order valence-corrected chi connectivity index (χ4v) is 2.26. The summed E-state index contributed by atoms with van der Waals surface area (Å²) in [4.78, 5) is 0. The van der Waals surface area contributed by atoms with Crippen LogP contribution in [0, 0.1) is 22.7 Å². The fourth-order valence-electron chi connectivity index (χ4n) is 2.26. The summed E-state index contributed by atoms with van der Waals surface area (Å²) >= 11 is 0. The van der Waals surface area contributed by atoms with Gasteiger partial charge in [0.15, 0.2) is 5.82 Å². The first-order chi connectivity index (χ1) is 12.3. The van der Waals surface area contributed by atoms with Crippen molar-refractivity contribution in [1.29, 1.82) is 10.5 Å². The number of aromatic nitrogens is 3. The van der Waals surface area contributed by atoms with Crippen LogP contribution in [0.2, 0.25) is 0 Å². The van der Waals surface area contributed by atoms with E-state index in [2.05, 4.69) is 32.9 Å². The lowest BCUT2D eigenvalue weighted by molar-refractivity contribution is 0.803. The first-order valence-corrected chi connectivity index (χ1v) is 7.46. The molecule has 0 saturated carbocycles. The molecule has 0 fully saturated rings. The minimum Gasteiger partial charge on any atom is -0.309 e. The van der Waals surface area contributed by atoms with Crippen molar-refractivity contribution in [3.63, 3.8) is 0 Å². The van der Waals surface area contributed by atoms with Crippen molar-refractivity contribution in [3.05, 3.63) is 66.5 Å². The Hall–Kier alpha value is -3.97. The summed E-state index contributed by atoms with van der Waals surface area (Å²) in [6.45, 7) is 0.682. The van der Waals surface area contributed by atoms with Gasteiger partial charge in [-0.1, -0.05) is 30.3 Å². The second kappa shape index (κ2) is 7.53. The Morgan fingerprint density at radius 1 is 1.04 bits per heavy atom. The smallest absolute Gasteiger partial charge is 0.237 e. The standard InChI is InChI=1S/C18H13N7/c19-10-17(11-20)23-22-16-8-6-15(7-9-16)18-24-21-13-25(18)12-14-4-2-1-3-5-14/h1-9,13,22H,12H2. The molecule has 0 saturated heterocycles. The highest BCUT2D eigenvalue weighted by molar-refractivity contribution is 6.10. The summed E-state index contributed by atoms with van der Waals surface area (Å²) in [5.74, 6) is 0.758. The molecule has 0 spiro atoms. The Morgan fingerprint density at radius 3 is 2.44 bits per heavy atom. The monoisotopic (exact) mass is 327 g/mol. The van der Waals surface area contributed by atoms with Crippen molar-refractivity contribution in [2.75, 3.05) is 5.43 Å². The average Bonchev–Trinajstić information content (AvgIpc) is 3.12. The molecule has 0 radical (unpaired) electrons. The van der Waals surface area contributed by atoms with E-state index in [0.717, 1.165) is 17.0 Å². The van der Waals surface area contributed by atoms with E-state index in [4.69, 9.17) is 10.5 Å². The molecule has 2 aromatic carbocycles. The van der Waals surface area contributed by atoms with Gasteiger partial charge in [0.05, 0.1) is 12.2 Å². The van der Waals surface area contributed by atoms with Gasteiger partial charge in [0, 0.05) is 5.56 Å². The summed E-state index contributed by atoms with van der Waals surface area (Å²) in [6.07, 6.45) is 1.70. The maximum Gasteiger partial charge on any atom is 0.237 e.